The van der Waals surface area contributed by atoms with Gasteiger partial charge in [-0.25, -0.2) is 33.6 Å². The number of carboxylic acid groups (broad SMARTS) is 2. The number of nitrogens with two attached hydrogens (primary N) is 2. The van der Waals surface area contributed by atoms with Crippen molar-refractivity contribution in [3.05, 3.63) is 59.9 Å². The number of carbonyl (C=O) groups excluding carboxylic acids is 14. The SMILES string of the molecule is CC(C)(C)C[C@H](NC(=O)OC(C)(C)C)C(=O)O.COC(=O)[C@@H](N)C[C@@H]1CCCNC1=O.COC(=O)[C@H](C[C@@H]1CCCNC1=O)NC(=O)[C@@H](N)CC(C)(C)C.COC(=O)[C@H](C[C@@H]1CCCNC1=O)NC(=O)[C@H](CC(C)(C)C)NC(=O)OC(C)(C)C.COC(=O)[C@H](C[C@@H]1CCCNC1=O)NC(=O)[C@H](CC(C)(C)C)NC(=O)c1cc2c(OC)cccc2[nH]1.COc1cccc2[nH]c(C(=O)O)cc12. The highest BCUT2D eigenvalue weighted by Crippen LogP contribution is 2.31. The summed E-state index contributed by atoms with van der Waals surface area (Å²) in [5.74, 6) is -6.49. The lowest BCUT2D eigenvalue weighted by molar-refractivity contribution is -0.147. The Morgan fingerprint density at radius 1 is 0.381 bits per heavy atom. The zero-order valence-electron chi connectivity index (χ0n) is 82.5. The third kappa shape index (κ3) is 43.4. The Morgan fingerprint density at radius 2 is 0.687 bits per heavy atom. The maximum Gasteiger partial charge on any atom is 0.408 e. The molecule has 40 nitrogen and oxygen atoms in total. The first kappa shape index (κ1) is 116. The smallest absolute Gasteiger partial charge is 0.408 e. The first-order chi connectivity index (χ1) is 62.1. The van der Waals surface area contributed by atoms with Gasteiger partial charge in [0.25, 0.3) is 5.91 Å². The van der Waals surface area contributed by atoms with Crippen molar-refractivity contribution in [3.63, 3.8) is 0 Å². The number of amides is 10. The number of ether oxygens (including phenoxy) is 8. The van der Waals surface area contributed by atoms with Gasteiger partial charge < -0.3 is 123 Å². The van der Waals surface area contributed by atoms with E-state index in [1.54, 1.807) is 80.0 Å². The number of aromatic nitrogens is 2. The number of aromatic amines is 2. The summed E-state index contributed by atoms with van der Waals surface area (Å²) in [6, 6.07) is 7.10. The van der Waals surface area contributed by atoms with Crippen LogP contribution in [0.3, 0.4) is 0 Å². The van der Waals surface area contributed by atoms with E-state index in [9.17, 15) is 76.7 Å². The molecule has 0 bridgehead atoms. The van der Waals surface area contributed by atoms with Crippen LogP contribution in [0.5, 0.6) is 11.5 Å². The Balaban J connectivity index is 0.000000429. The highest BCUT2D eigenvalue weighted by atomic mass is 16.6. The number of methoxy groups -OCH3 is 6. The third-order valence-electron chi connectivity index (χ3n) is 21.0. The second-order valence-electron chi connectivity index (χ2n) is 40.3. The molecule has 0 unspecified atom stereocenters. The van der Waals surface area contributed by atoms with Crippen LogP contribution in [0.1, 0.15) is 248 Å². The topological polar surface area (TPSA) is 591 Å². The lowest BCUT2D eigenvalue weighted by atomic mass is 9.87. The molecule has 2 aromatic carbocycles. The minimum Gasteiger partial charge on any atom is -0.496 e. The highest BCUT2D eigenvalue weighted by Gasteiger charge is 2.40. The van der Waals surface area contributed by atoms with Crippen LogP contribution in [0.15, 0.2) is 48.5 Å². The van der Waals surface area contributed by atoms with E-state index in [0.29, 0.717) is 82.5 Å². The fourth-order valence-corrected chi connectivity index (χ4v) is 14.7. The van der Waals surface area contributed by atoms with Crippen LogP contribution in [0.2, 0.25) is 0 Å². The summed E-state index contributed by atoms with van der Waals surface area (Å²) in [4.78, 5) is 198. The number of esters is 4. The second-order valence-corrected chi connectivity index (χ2v) is 40.3. The zero-order valence-corrected chi connectivity index (χ0v) is 82.5. The molecule has 2 aromatic heterocycles. The molecule has 4 aliphatic rings. The van der Waals surface area contributed by atoms with Crippen molar-refractivity contribution in [1.29, 1.82) is 0 Å². The van der Waals surface area contributed by atoms with E-state index < -0.39 is 137 Å². The number of carboxylic acids is 2. The average molecular weight is 1890 g/mol. The standard InChI is InChI=1S/C26H36N4O6.C21H37N3O6.C16H29N3O4.C12H23NO4.C10H9NO3.C9H16N2O3/c1-26(2,3)14-20(30-23(32)18-13-16-17(28-18)9-6-10-21(16)35-4)24(33)29-19(25(34)36-5)12-15-8-7-11-27-22(15)31;1-20(2,3)12-15(24-19(28)30-21(4,5)6)17(26)23-14(18(27)29-7)11-13-9-8-10-22-16(13)25;1-16(2,3)9-11(17)14(21)19-12(15(22)23-4)8-10-6-5-7-18-13(10)20;1-11(2,3)7-8(9(14)15)13-10(16)17-12(4,5)6;1-14-9-4-2-3-7-6(9)5-8(11-7)10(12)13;1-14-9(13)7(10)5-6-3-2-4-11-8(6)12/h6,9-10,13,15,19-20,28H,7-8,11-12,14H2,1-5H3,(H,27,31)(H,29,33)(H,30,32);13-15H,8-12H2,1-7H3,(H,22,25)(H,23,26)(H,24,28);10-12H,5-9,17H2,1-4H3,(H,18,20)(H,19,21);8H,7H2,1-6H3,(H,13,16)(H,14,15);2-5,11H,1H3,(H,12,13);6-7H,2-5,10H2,1H3,(H,11,12)/t15-,19-,20-;13-,14-,15-;10-,11-,12-;8-;;6-,7-/m0000.0/s1. The fraction of sp³-hybridized carbons (Fsp3) is 0.660. The molecular formula is C94H150N14O26. The van der Waals surface area contributed by atoms with Crippen LogP contribution in [0.4, 0.5) is 9.59 Å². The number of benzene rings is 2. The Labute approximate surface area is 785 Å². The first-order valence-corrected chi connectivity index (χ1v) is 45.1. The number of nitrogens with one attached hydrogen (secondary N) is 12. The van der Waals surface area contributed by atoms with Gasteiger partial charge in [-0.2, -0.15) is 0 Å². The van der Waals surface area contributed by atoms with E-state index in [1.165, 1.54) is 28.4 Å². The number of hydrogen-bond donors (Lipinski definition) is 16. The number of piperidine rings is 4. The summed E-state index contributed by atoms with van der Waals surface area (Å²) < 4.78 is 39.7. The van der Waals surface area contributed by atoms with Gasteiger partial charge in [-0.05, 0) is 202 Å². The predicted octanol–water partition coefficient (Wildman–Crippen LogP) is 8.18. The van der Waals surface area contributed by atoms with Crippen LogP contribution in [0.25, 0.3) is 21.8 Å². The molecule has 12 atom stereocenters. The number of aromatic carboxylic acids is 1. The van der Waals surface area contributed by atoms with Gasteiger partial charge in [-0.1, -0.05) is 95.2 Å². The van der Waals surface area contributed by atoms with Gasteiger partial charge >= 0.3 is 48.0 Å². The summed E-state index contributed by atoms with van der Waals surface area (Å²) in [7, 11) is 8.14. The molecule has 752 valence electrons. The van der Waals surface area contributed by atoms with E-state index in [0.717, 1.165) is 60.5 Å². The third-order valence-corrected chi connectivity index (χ3v) is 21.0. The molecule has 4 aromatic rings. The summed E-state index contributed by atoms with van der Waals surface area (Å²) in [6.45, 7) is 36.4. The van der Waals surface area contributed by atoms with Gasteiger partial charge in [-0.15, -0.1) is 0 Å². The van der Waals surface area contributed by atoms with Gasteiger partial charge in [0.2, 0.25) is 41.4 Å². The van der Waals surface area contributed by atoms with Crippen molar-refractivity contribution in [2.75, 3.05) is 68.8 Å². The predicted molar refractivity (Wildman–Crippen MR) is 499 cm³/mol. The maximum absolute atomic E-state index is 13.3. The van der Waals surface area contributed by atoms with Crippen molar-refractivity contribution < 1.29 is 125 Å². The highest BCUT2D eigenvalue weighted by molar-refractivity contribution is 6.02. The Kier molecular flexibility index (Phi) is 46.8. The molecule has 10 amide bonds. The summed E-state index contributed by atoms with van der Waals surface area (Å²) in [6.07, 6.45) is 7.14. The molecule has 4 fully saturated rings. The van der Waals surface area contributed by atoms with E-state index in [1.807, 2.05) is 107 Å². The Morgan fingerprint density at radius 3 is 0.993 bits per heavy atom. The molecular weight excluding hydrogens is 1740 g/mol. The lowest BCUT2D eigenvalue weighted by Crippen LogP contribution is -2.54. The van der Waals surface area contributed by atoms with Crippen LogP contribution in [-0.4, -0.2) is 244 Å². The average Bonchev–Trinajstić information content (AvgIpc) is 1.66. The first-order valence-electron chi connectivity index (χ1n) is 45.1. The quantitative estimate of drug-likeness (QED) is 0.0173. The number of hydrogen-bond acceptors (Lipinski definition) is 26. The minimum absolute atomic E-state index is 0.00407. The molecule has 0 spiro atoms. The summed E-state index contributed by atoms with van der Waals surface area (Å²) in [5, 5.41) is 46.2. The molecule has 6 heterocycles. The van der Waals surface area contributed by atoms with Crippen LogP contribution in [-0.2, 0) is 86.0 Å². The largest absolute Gasteiger partial charge is 0.496 e. The maximum atomic E-state index is 13.3. The molecule has 40 heteroatoms. The van der Waals surface area contributed by atoms with Crippen LogP contribution >= 0.6 is 0 Å². The Bertz CT molecular complexity index is 4600. The fourth-order valence-electron chi connectivity index (χ4n) is 14.7. The number of alkyl carbamates (subject to hydrolysis) is 2. The van der Waals surface area contributed by atoms with Crippen molar-refractivity contribution in [2.45, 2.75) is 287 Å². The van der Waals surface area contributed by atoms with Gasteiger partial charge in [0.15, 0.2) is 0 Å². The molecule has 134 heavy (non-hydrogen) atoms. The van der Waals surface area contributed by atoms with Crippen molar-refractivity contribution in [2.24, 2.45) is 56.8 Å². The molecule has 0 aliphatic carbocycles. The van der Waals surface area contributed by atoms with E-state index in [2.05, 4.69) is 67.9 Å². The van der Waals surface area contributed by atoms with Crippen LogP contribution < -0.4 is 74.1 Å². The number of rotatable bonds is 30. The van der Waals surface area contributed by atoms with E-state index >= 15 is 0 Å². The van der Waals surface area contributed by atoms with Gasteiger partial charge in [-0.3, -0.25) is 43.2 Å². The summed E-state index contributed by atoms with van der Waals surface area (Å²) in [5.41, 5.74) is 11.2. The number of H-pyrrole nitrogens is 2. The molecule has 8 rings (SSSR count). The van der Waals surface area contributed by atoms with Gasteiger partial charge in [0, 0.05) is 71.7 Å². The minimum atomic E-state index is -1.05. The molecule has 0 saturated carbocycles. The number of aliphatic carboxylic acids is 1. The number of carbonyl (C=O) groups is 16. The monoisotopic (exact) mass is 1890 g/mol. The molecule has 18 N–H and O–H groups in total. The van der Waals surface area contributed by atoms with Crippen molar-refractivity contribution in [3.8, 4) is 11.5 Å². The second kappa shape index (κ2) is 53.9. The van der Waals surface area contributed by atoms with Crippen LogP contribution in [0, 0.1) is 45.3 Å². The van der Waals surface area contributed by atoms with Gasteiger partial charge in [0.05, 0.1) is 48.7 Å². The summed E-state index contributed by atoms with van der Waals surface area (Å²) >= 11 is 0. The molecule has 0 radical (unpaired) electrons. The zero-order chi connectivity index (χ0) is 102. The molecule has 4 aliphatic heterocycles. The van der Waals surface area contributed by atoms with E-state index in [4.69, 9.17) is 54.8 Å². The van der Waals surface area contributed by atoms with Crippen molar-refractivity contribution in [1.82, 2.24) is 63.1 Å². The van der Waals surface area contributed by atoms with E-state index in [-0.39, 0.29) is 93.7 Å². The van der Waals surface area contributed by atoms with Gasteiger partial charge in [0.1, 0.15) is 76.4 Å². The Hall–Kier alpha value is -11.8. The lowest BCUT2D eigenvalue weighted by Gasteiger charge is -2.30. The number of fused-ring (bicyclic) bond motifs is 2. The molecule has 4 saturated heterocycles. The van der Waals surface area contributed by atoms with Crippen molar-refractivity contribution >= 4 is 117 Å². The normalized spacial score (nSPS) is 18.0.